The zero-order valence-corrected chi connectivity index (χ0v) is 15.5. The Morgan fingerprint density at radius 3 is 2.70 bits per heavy atom. The average molecular weight is 399 g/mol. The lowest BCUT2D eigenvalue weighted by molar-refractivity contribution is -0.153. The first kappa shape index (κ1) is 18.1. The summed E-state index contributed by atoms with van der Waals surface area (Å²) in [7, 11) is 0. The summed E-state index contributed by atoms with van der Waals surface area (Å²) in [5.41, 5.74) is 0.598. The Morgan fingerprint density at radius 2 is 2.04 bits per heavy atom. The Labute approximate surface area is 158 Å². The molecule has 3 amide bonds. The van der Waals surface area contributed by atoms with Crippen molar-refractivity contribution in [3.05, 3.63) is 22.4 Å². The molecule has 0 aliphatic carbocycles. The van der Waals surface area contributed by atoms with Gasteiger partial charge in [0.1, 0.15) is 6.10 Å². The normalized spacial score (nSPS) is 27.9. The molecule has 146 valence electrons. The number of ether oxygens (including phenoxy) is 1. The van der Waals surface area contributed by atoms with Crippen LogP contribution in [0.4, 0.5) is 13.6 Å². The molecule has 0 spiro atoms. The first-order chi connectivity index (χ1) is 12.8. The zero-order valence-electron chi connectivity index (χ0n) is 14.6. The fraction of sp³-hybridized carbons (Fsp3) is 0.588. The fourth-order valence-corrected chi connectivity index (χ4v) is 4.68. The van der Waals surface area contributed by atoms with Crippen molar-refractivity contribution in [2.45, 2.75) is 37.5 Å². The van der Waals surface area contributed by atoms with Gasteiger partial charge >= 0.3 is 12.0 Å². The van der Waals surface area contributed by atoms with Crippen LogP contribution >= 0.6 is 11.3 Å². The number of carbonyl (C=O) groups is 3. The Bertz CT molecular complexity index is 767. The number of likely N-dealkylation sites (tertiary alicyclic amines) is 2. The minimum Gasteiger partial charge on any atom is -0.442 e. The van der Waals surface area contributed by atoms with Crippen LogP contribution in [0.3, 0.4) is 0 Å². The lowest BCUT2D eigenvalue weighted by atomic mass is 10.1. The summed E-state index contributed by atoms with van der Waals surface area (Å²) in [4.78, 5) is 40.9. The molecule has 0 radical (unpaired) electrons. The van der Waals surface area contributed by atoms with E-state index < -0.39 is 24.0 Å². The highest BCUT2D eigenvalue weighted by atomic mass is 32.1. The number of halogens is 2. The van der Waals surface area contributed by atoms with E-state index >= 15 is 0 Å². The topological polar surface area (TPSA) is 70.2 Å². The summed E-state index contributed by atoms with van der Waals surface area (Å²) in [5.74, 6) is -4.77. The highest BCUT2D eigenvalue weighted by Crippen LogP contribution is 2.33. The predicted molar refractivity (Wildman–Crippen MR) is 91.7 cm³/mol. The zero-order chi connectivity index (χ0) is 19.3. The van der Waals surface area contributed by atoms with Crippen molar-refractivity contribution in [2.75, 3.05) is 26.2 Å². The summed E-state index contributed by atoms with van der Waals surface area (Å²) in [6.45, 7) is 1.45. The van der Waals surface area contributed by atoms with Crippen LogP contribution < -0.4 is 0 Å². The molecule has 27 heavy (non-hydrogen) atoms. The van der Waals surface area contributed by atoms with Crippen molar-refractivity contribution in [3.63, 3.8) is 0 Å². The number of fused-ring (bicyclic) bond motifs is 1. The number of nitrogens with zero attached hydrogens (tertiary/aromatic N) is 3. The minimum absolute atomic E-state index is 0.0546. The third-order valence-corrected chi connectivity index (χ3v) is 6.02. The van der Waals surface area contributed by atoms with Crippen molar-refractivity contribution >= 4 is 29.2 Å². The number of alkyl halides is 2. The second-order valence-electron chi connectivity index (χ2n) is 7.20. The fourth-order valence-electron chi connectivity index (χ4n) is 4.05. The summed E-state index contributed by atoms with van der Waals surface area (Å²) >= 11 is 1.43. The molecule has 3 atom stereocenters. The number of amides is 3. The third kappa shape index (κ3) is 3.15. The van der Waals surface area contributed by atoms with Crippen LogP contribution in [0.1, 0.15) is 23.7 Å². The monoisotopic (exact) mass is 399 g/mol. The molecule has 10 heteroatoms. The van der Waals surface area contributed by atoms with Crippen LogP contribution in [0.15, 0.2) is 16.8 Å². The highest BCUT2D eigenvalue weighted by molar-refractivity contribution is 7.08. The maximum atomic E-state index is 13.3. The molecular formula is C17H19F2N3O4S. The summed E-state index contributed by atoms with van der Waals surface area (Å²) < 4.78 is 32.0. The van der Waals surface area contributed by atoms with Crippen molar-refractivity contribution in [1.82, 2.24) is 14.7 Å². The Morgan fingerprint density at radius 1 is 1.26 bits per heavy atom. The van der Waals surface area contributed by atoms with Crippen molar-refractivity contribution in [2.24, 2.45) is 0 Å². The van der Waals surface area contributed by atoms with Crippen LogP contribution in [0.5, 0.6) is 0 Å². The second kappa shape index (κ2) is 6.43. The molecule has 1 aromatic rings. The van der Waals surface area contributed by atoms with Crippen LogP contribution in [0.2, 0.25) is 0 Å². The van der Waals surface area contributed by atoms with Crippen LogP contribution in [0, 0.1) is 0 Å². The summed E-state index contributed by atoms with van der Waals surface area (Å²) in [6, 6.07) is 1.05. The average Bonchev–Trinajstić information content (AvgIpc) is 3.36. The number of rotatable bonds is 3. The van der Waals surface area contributed by atoms with E-state index in [0.717, 1.165) is 4.90 Å². The van der Waals surface area contributed by atoms with Gasteiger partial charge in [-0.05, 0) is 17.9 Å². The Hall–Kier alpha value is -2.23. The van der Waals surface area contributed by atoms with Gasteiger partial charge in [-0.15, -0.1) is 0 Å². The van der Waals surface area contributed by atoms with Gasteiger partial charge in [0.05, 0.1) is 24.2 Å². The Balaban J connectivity index is 1.44. The molecule has 0 bridgehead atoms. The van der Waals surface area contributed by atoms with E-state index in [1.165, 1.54) is 16.2 Å². The number of carbonyl (C=O) groups excluding carboxylic acids is 3. The van der Waals surface area contributed by atoms with E-state index in [-0.39, 0.29) is 31.1 Å². The van der Waals surface area contributed by atoms with E-state index in [2.05, 4.69) is 0 Å². The van der Waals surface area contributed by atoms with Gasteiger partial charge in [-0.2, -0.15) is 20.1 Å². The molecular weight excluding hydrogens is 380 g/mol. The van der Waals surface area contributed by atoms with Gasteiger partial charge in [-0.3, -0.25) is 14.5 Å². The lowest BCUT2D eigenvalue weighted by Gasteiger charge is -2.28. The number of hydrogen-bond donors (Lipinski definition) is 0. The largest absolute Gasteiger partial charge is 0.442 e. The van der Waals surface area contributed by atoms with Crippen molar-refractivity contribution < 1.29 is 27.9 Å². The minimum atomic E-state index is -3.43. The molecule has 4 heterocycles. The molecule has 3 aliphatic rings. The van der Waals surface area contributed by atoms with E-state index in [4.69, 9.17) is 4.74 Å². The SMILES string of the molecule is CC(F)(F)C(=O)N1CCC(N2C(=O)O[C@H]3CN(C(=O)c4ccsc4)C[C@H]32)C1. The maximum Gasteiger partial charge on any atom is 0.410 e. The van der Waals surface area contributed by atoms with Gasteiger partial charge in [0, 0.05) is 31.9 Å². The predicted octanol–water partition coefficient (Wildman–Crippen LogP) is 1.65. The van der Waals surface area contributed by atoms with E-state index in [1.807, 2.05) is 5.38 Å². The van der Waals surface area contributed by atoms with Gasteiger partial charge in [0.2, 0.25) is 0 Å². The molecule has 3 fully saturated rings. The molecule has 0 aromatic carbocycles. The molecule has 3 saturated heterocycles. The second-order valence-corrected chi connectivity index (χ2v) is 7.98. The molecule has 7 nitrogen and oxygen atoms in total. The van der Waals surface area contributed by atoms with Gasteiger partial charge in [0.25, 0.3) is 11.8 Å². The third-order valence-electron chi connectivity index (χ3n) is 5.33. The van der Waals surface area contributed by atoms with Crippen LogP contribution in [-0.2, 0) is 9.53 Å². The van der Waals surface area contributed by atoms with Gasteiger partial charge in [-0.1, -0.05) is 0 Å². The smallest absolute Gasteiger partial charge is 0.410 e. The number of thiophene rings is 1. The van der Waals surface area contributed by atoms with E-state index in [1.54, 1.807) is 16.3 Å². The molecule has 1 aromatic heterocycles. The van der Waals surface area contributed by atoms with Gasteiger partial charge < -0.3 is 14.5 Å². The first-order valence-corrected chi connectivity index (χ1v) is 9.67. The van der Waals surface area contributed by atoms with Crippen molar-refractivity contribution in [1.29, 1.82) is 0 Å². The van der Waals surface area contributed by atoms with Gasteiger partial charge in [0.15, 0.2) is 0 Å². The van der Waals surface area contributed by atoms with Crippen molar-refractivity contribution in [3.8, 4) is 0 Å². The molecule has 0 saturated carbocycles. The Kier molecular flexibility index (Phi) is 4.32. The van der Waals surface area contributed by atoms with Crippen LogP contribution in [-0.4, -0.2) is 82.9 Å². The number of hydrogen-bond acceptors (Lipinski definition) is 5. The first-order valence-electron chi connectivity index (χ1n) is 8.73. The quantitative estimate of drug-likeness (QED) is 0.775. The molecule has 3 aliphatic heterocycles. The standard InChI is InChI=1S/C17H19F2N3O4S/c1-17(18,19)15(24)20-4-2-11(6-20)22-12-7-21(8-13(12)26-16(22)25)14(23)10-3-5-27-9-10/h3,5,9,11-13H,2,4,6-8H2,1H3/t11?,12-,13+/m1/s1. The molecule has 0 N–H and O–H groups in total. The van der Waals surface area contributed by atoms with E-state index in [0.29, 0.717) is 32.0 Å². The van der Waals surface area contributed by atoms with E-state index in [9.17, 15) is 23.2 Å². The summed E-state index contributed by atoms with van der Waals surface area (Å²) in [6.07, 6.45) is -0.522. The summed E-state index contributed by atoms with van der Waals surface area (Å²) in [5, 5.41) is 3.59. The van der Waals surface area contributed by atoms with Gasteiger partial charge in [-0.25, -0.2) is 4.79 Å². The molecule has 4 rings (SSSR count). The van der Waals surface area contributed by atoms with Crippen LogP contribution in [0.25, 0.3) is 0 Å². The molecule has 1 unspecified atom stereocenters. The maximum absolute atomic E-state index is 13.3. The highest BCUT2D eigenvalue weighted by Gasteiger charge is 2.53. The lowest BCUT2D eigenvalue weighted by Crippen LogP contribution is -2.48.